The van der Waals surface area contributed by atoms with Crippen LogP contribution in [0.25, 0.3) is 0 Å². The Bertz CT molecular complexity index is 511. The number of allylic oxidation sites excluding steroid dienone is 2. The van der Waals surface area contributed by atoms with Gasteiger partial charge >= 0.3 is 0 Å². The van der Waals surface area contributed by atoms with E-state index in [1.165, 1.54) is 5.70 Å². The number of rotatable bonds is 1. The molecule has 5 nitrogen and oxygen atoms in total. The van der Waals surface area contributed by atoms with Crippen molar-refractivity contribution in [3.63, 3.8) is 0 Å². The smallest absolute Gasteiger partial charge is 0.172 e. The lowest BCUT2D eigenvalue weighted by atomic mass is 10.0. The molecule has 0 aromatic carbocycles. The molecule has 120 valence electrons. The minimum atomic E-state index is 0.282. The van der Waals surface area contributed by atoms with Crippen molar-refractivity contribution in [2.24, 2.45) is 16.0 Å². The van der Waals surface area contributed by atoms with Gasteiger partial charge < -0.3 is 9.80 Å². The van der Waals surface area contributed by atoms with E-state index in [4.69, 9.17) is 4.99 Å². The third-order valence-corrected chi connectivity index (χ3v) is 4.52. The molecule has 0 amide bonds. The molecule has 0 radical (unpaired) electrons. The van der Waals surface area contributed by atoms with Gasteiger partial charge in [-0.1, -0.05) is 19.1 Å². The summed E-state index contributed by atoms with van der Waals surface area (Å²) in [6.07, 6.45) is 10.6. The van der Waals surface area contributed by atoms with E-state index in [9.17, 15) is 0 Å². The van der Waals surface area contributed by atoms with E-state index in [0.717, 1.165) is 44.9 Å². The second kappa shape index (κ2) is 6.65. The topological polar surface area (TPSA) is 34.4 Å². The molecule has 0 spiro atoms. The fraction of sp³-hybridized carbons (Fsp3) is 0.647. The lowest BCUT2D eigenvalue weighted by Crippen LogP contribution is -2.46. The monoisotopic (exact) mass is 301 g/mol. The molecule has 2 unspecified atom stereocenters. The van der Waals surface area contributed by atoms with Crippen molar-refractivity contribution < 1.29 is 0 Å². The van der Waals surface area contributed by atoms with Crippen molar-refractivity contribution in [1.29, 1.82) is 0 Å². The normalized spacial score (nSPS) is 30.1. The lowest BCUT2D eigenvalue weighted by molar-refractivity contribution is 0.190. The van der Waals surface area contributed by atoms with Crippen molar-refractivity contribution >= 4 is 12.1 Å². The van der Waals surface area contributed by atoms with Gasteiger partial charge in [0.05, 0.1) is 11.7 Å². The minimum absolute atomic E-state index is 0.282. The molecule has 0 bridgehead atoms. The summed E-state index contributed by atoms with van der Waals surface area (Å²) in [6, 6.07) is 0.282. The summed E-state index contributed by atoms with van der Waals surface area (Å²) in [5.41, 5.74) is 1.26. The predicted octanol–water partition coefficient (Wildman–Crippen LogP) is 2.15. The number of fused-ring (bicyclic) bond motifs is 1. The standard InChI is InChI=1S/C17H27N5/c1-14-4-5-16(21-12-10-20(3)11-13-21)17-19-15(2)6-8-18-22(17)9-7-14/h5,7-9,14-15H,4,6,10-13H2,1-3H3. The quantitative estimate of drug-likeness (QED) is 0.744. The van der Waals surface area contributed by atoms with Crippen molar-refractivity contribution in [2.75, 3.05) is 33.2 Å². The Labute approximate surface area is 133 Å². The summed E-state index contributed by atoms with van der Waals surface area (Å²) in [5.74, 6) is 1.54. The van der Waals surface area contributed by atoms with Crippen LogP contribution in [0.2, 0.25) is 0 Å². The van der Waals surface area contributed by atoms with Gasteiger partial charge in [0.15, 0.2) is 5.84 Å². The van der Waals surface area contributed by atoms with Crippen LogP contribution >= 0.6 is 0 Å². The first kappa shape index (κ1) is 15.3. The molecule has 0 N–H and O–H groups in total. The first-order valence-electron chi connectivity index (χ1n) is 8.35. The molecule has 1 saturated heterocycles. The van der Waals surface area contributed by atoms with Crippen molar-refractivity contribution in [2.45, 2.75) is 32.7 Å². The first-order chi connectivity index (χ1) is 10.6. The van der Waals surface area contributed by atoms with Crippen LogP contribution in [0.5, 0.6) is 0 Å². The highest BCUT2D eigenvalue weighted by Crippen LogP contribution is 2.22. The van der Waals surface area contributed by atoms with Gasteiger partial charge in [-0.3, -0.25) is 4.99 Å². The molecule has 0 aliphatic carbocycles. The number of piperazine rings is 1. The predicted molar refractivity (Wildman–Crippen MR) is 91.9 cm³/mol. The third-order valence-electron chi connectivity index (χ3n) is 4.52. The van der Waals surface area contributed by atoms with E-state index < -0.39 is 0 Å². The third kappa shape index (κ3) is 3.40. The van der Waals surface area contributed by atoms with Crippen molar-refractivity contribution in [3.05, 3.63) is 24.0 Å². The first-order valence-corrected chi connectivity index (χ1v) is 8.35. The van der Waals surface area contributed by atoms with Gasteiger partial charge in [0, 0.05) is 45.0 Å². The Balaban J connectivity index is 1.93. The molecule has 3 rings (SSSR count). The van der Waals surface area contributed by atoms with Crippen LogP contribution in [0.15, 0.2) is 34.1 Å². The average Bonchev–Trinajstić information content (AvgIpc) is 2.67. The summed E-state index contributed by atoms with van der Waals surface area (Å²) < 4.78 is 0. The summed E-state index contributed by atoms with van der Waals surface area (Å²) in [5, 5.41) is 6.57. The zero-order valence-corrected chi connectivity index (χ0v) is 13.9. The molecule has 0 aromatic rings. The van der Waals surface area contributed by atoms with Gasteiger partial charge in [-0.25, -0.2) is 5.01 Å². The Morgan fingerprint density at radius 2 is 1.86 bits per heavy atom. The summed E-state index contributed by atoms with van der Waals surface area (Å²) in [4.78, 5) is 9.81. The highest BCUT2D eigenvalue weighted by molar-refractivity contribution is 5.99. The molecule has 2 atom stereocenters. The van der Waals surface area contributed by atoms with Gasteiger partial charge in [-0.2, -0.15) is 5.10 Å². The van der Waals surface area contributed by atoms with Crippen molar-refractivity contribution in [1.82, 2.24) is 14.8 Å². The SMILES string of the molecule is CC1C=CN2N=CCC(C)N=C2C(N2CCN(C)CC2)=CC1. The van der Waals surface area contributed by atoms with Crippen LogP contribution in [0.3, 0.4) is 0 Å². The molecule has 1 fully saturated rings. The largest absolute Gasteiger partial charge is 0.366 e. The minimum Gasteiger partial charge on any atom is -0.366 e. The van der Waals surface area contributed by atoms with Crippen LogP contribution in [-0.4, -0.2) is 66.1 Å². The van der Waals surface area contributed by atoms with Crippen LogP contribution in [0.1, 0.15) is 26.7 Å². The van der Waals surface area contributed by atoms with E-state index in [0.29, 0.717) is 5.92 Å². The lowest BCUT2D eigenvalue weighted by Gasteiger charge is -2.37. The molecule has 3 aliphatic heterocycles. The number of nitrogens with zero attached hydrogens (tertiary/aromatic N) is 5. The summed E-state index contributed by atoms with van der Waals surface area (Å²) >= 11 is 0. The number of aliphatic imine (C=N–C) groups is 1. The fourth-order valence-electron chi connectivity index (χ4n) is 2.97. The molecule has 0 aromatic heterocycles. The van der Waals surface area contributed by atoms with Gasteiger partial charge in [0.2, 0.25) is 0 Å². The Kier molecular flexibility index (Phi) is 4.62. The number of hydrogen-bond acceptors (Lipinski definition) is 5. The Morgan fingerprint density at radius 1 is 1.09 bits per heavy atom. The maximum atomic E-state index is 4.94. The summed E-state index contributed by atoms with van der Waals surface area (Å²) in [7, 11) is 2.19. The molecule has 22 heavy (non-hydrogen) atoms. The van der Waals surface area contributed by atoms with E-state index in [1.54, 1.807) is 0 Å². The summed E-state index contributed by atoms with van der Waals surface area (Å²) in [6.45, 7) is 8.75. The molecular formula is C17H27N5. The number of hydrogen-bond donors (Lipinski definition) is 0. The Hall–Kier alpha value is -1.62. The van der Waals surface area contributed by atoms with Gasteiger partial charge in [0.1, 0.15) is 0 Å². The zero-order valence-electron chi connectivity index (χ0n) is 13.9. The van der Waals surface area contributed by atoms with E-state index in [-0.39, 0.29) is 6.04 Å². The van der Waals surface area contributed by atoms with Crippen LogP contribution in [0.4, 0.5) is 0 Å². The average molecular weight is 301 g/mol. The second-order valence-electron chi connectivity index (χ2n) is 6.61. The highest BCUT2D eigenvalue weighted by atomic mass is 15.5. The number of amidine groups is 1. The second-order valence-corrected chi connectivity index (χ2v) is 6.61. The van der Waals surface area contributed by atoms with Crippen LogP contribution < -0.4 is 0 Å². The fourth-order valence-corrected chi connectivity index (χ4v) is 2.97. The van der Waals surface area contributed by atoms with E-state index in [2.05, 4.69) is 54.1 Å². The number of hydrazone groups is 1. The highest BCUT2D eigenvalue weighted by Gasteiger charge is 2.25. The number of likely N-dealkylation sites (N-methyl/N-ethyl adjacent to an activating group) is 1. The maximum absolute atomic E-state index is 4.94. The van der Waals surface area contributed by atoms with E-state index in [1.807, 2.05) is 11.2 Å². The molecule has 0 saturated carbocycles. The zero-order chi connectivity index (χ0) is 15.5. The maximum Gasteiger partial charge on any atom is 0.172 e. The van der Waals surface area contributed by atoms with Crippen molar-refractivity contribution in [3.8, 4) is 0 Å². The van der Waals surface area contributed by atoms with Gasteiger partial charge in [0.25, 0.3) is 0 Å². The van der Waals surface area contributed by atoms with Gasteiger partial charge in [-0.05, 0) is 26.3 Å². The van der Waals surface area contributed by atoms with Crippen LogP contribution in [0, 0.1) is 5.92 Å². The molecule has 3 aliphatic rings. The molecule has 5 heteroatoms. The van der Waals surface area contributed by atoms with Gasteiger partial charge in [-0.15, -0.1) is 0 Å². The van der Waals surface area contributed by atoms with Crippen LogP contribution in [-0.2, 0) is 0 Å². The van der Waals surface area contributed by atoms with E-state index >= 15 is 0 Å². The molecule has 3 heterocycles. The Morgan fingerprint density at radius 3 is 2.64 bits per heavy atom. The molecular weight excluding hydrogens is 274 g/mol.